The molecule has 110 valence electrons. The van der Waals surface area contributed by atoms with E-state index >= 15 is 0 Å². The van der Waals surface area contributed by atoms with Gasteiger partial charge in [-0.05, 0) is 32.5 Å². The molecule has 0 saturated carbocycles. The van der Waals surface area contributed by atoms with Crippen LogP contribution >= 0.6 is 0 Å². The summed E-state index contributed by atoms with van der Waals surface area (Å²) in [4.78, 5) is 10.1. The Morgan fingerprint density at radius 3 is 2.85 bits per heavy atom. The van der Waals surface area contributed by atoms with Crippen molar-refractivity contribution in [2.75, 3.05) is 26.8 Å². The van der Waals surface area contributed by atoms with Crippen molar-refractivity contribution >= 4 is 11.0 Å². The number of nitrogens with zero attached hydrogens (tertiary/aromatic N) is 2. The number of aromatic amines is 1. The zero-order valence-electron chi connectivity index (χ0n) is 12.4. The maximum absolute atomic E-state index is 9.07. The molecular weight excluding hydrogens is 254 g/mol. The lowest BCUT2D eigenvalue weighted by Gasteiger charge is -2.24. The highest BCUT2D eigenvalue weighted by Crippen LogP contribution is 2.25. The molecule has 2 aromatic rings. The van der Waals surface area contributed by atoms with Crippen molar-refractivity contribution in [2.45, 2.75) is 26.3 Å². The summed E-state index contributed by atoms with van der Waals surface area (Å²) in [5, 5.41) is 9.07. The van der Waals surface area contributed by atoms with Crippen molar-refractivity contribution in [3.63, 3.8) is 0 Å². The van der Waals surface area contributed by atoms with E-state index in [9.17, 15) is 0 Å². The first-order valence-corrected chi connectivity index (χ1v) is 7.13. The predicted octanol–water partition coefficient (Wildman–Crippen LogP) is 2.34. The van der Waals surface area contributed by atoms with Crippen LogP contribution in [0.25, 0.3) is 11.0 Å². The Morgan fingerprint density at radius 1 is 1.40 bits per heavy atom. The fraction of sp³-hybridized carbons (Fsp3) is 0.533. The third-order valence-corrected chi connectivity index (χ3v) is 3.47. The van der Waals surface area contributed by atoms with Crippen molar-refractivity contribution < 1.29 is 9.84 Å². The summed E-state index contributed by atoms with van der Waals surface area (Å²) >= 11 is 0. The molecule has 1 atom stereocenters. The van der Waals surface area contributed by atoms with Crippen molar-refractivity contribution in [1.29, 1.82) is 0 Å². The molecule has 1 aromatic heterocycles. The minimum atomic E-state index is 0.154. The van der Waals surface area contributed by atoms with Crippen molar-refractivity contribution in [3.8, 4) is 5.75 Å². The largest absolute Gasteiger partial charge is 0.494 e. The van der Waals surface area contributed by atoms with Gasteiger partial charge in [0.05, 0.1) is 30.3 Å². The van der Waals surface area contributed by atoms with Gasteiger partial charge in [0.15, 0.2) is 0 Å². The monoisotopic (exact) mass is 277 g/mol. The van der Waals surface area contributed by atoms with E-state index in [2.05, 4.69) is 21.8 Å². The van der Waals surface area contributed by atoms with E-state index in [0.717, 1.165) is 29.0 Å². The second-order valence-corrected chi connectivity index (χ2v) is 4.86. The van der Waals surface area contributed by atoms with Gasteiger partial charge in [0.25, 0.3) is 0 Å². The number of hydrogen-bond acceptors (Lipinski definition) is 4. The van der Waals surface area contributed by atoms with E-state index in [1.807, 2.05) is 32.2 Å². The lowest BCUT2D eigenvalue weighted by Crippen LogP contribution is -2.27. The molecule has 0 bridgehead atoms. The molecule has 2 rings (SSSR count). The number of aromatic nitrogens is 2. The number of hydrogen-bond donors (Lipinski definition) is 2. The highest BCUT2D eigenvalue weighted by atomic mass is 16.5. The van der Waals surface area contributed by atoms with Crippen LogP contribution in [-0.4, -0.2) is 46.8 Å². The summed E-state index contributed by atoms with van der Waals surface area (Å²) < 4.78 is 5.50. The number of aliphatic hydroxyl groups is 1. The van der Waals surface area contributed by atoms with Gasteiger partial charge in [-0.15, -0.1) is 0 Å². The summed E-state index contributed by atoms with van der Waals surface area (Å²) in [6.07, 6.45) is 0.939. The van der Waals surface area contributed by atoms with Crippen LogP contribution in [0.15, 0.2) is 18.2 Å². The van der Waals surface area contributed by atoms with Crippen molar-refractivity contribution in [3.05, 3.63) is 24.0 Å². The Labute approximate surface area is 119 Å². The Morgan fingerprint density at radius 2 is 2.20 bits per heavy atom. The summed E-state index contributed by atoms with van der Waals surface area (Å²) in [7, 11) is 2.00. The van der Waals surface area contributed by atoms with Crippen LogP contribution in [-0.2, 0) is 0 Å². The smallest absolute Gasteiger partial charge is 0.124 e. The minimum absolute atomic E-state index is 0.154. The van der Waals surface area contributed by atoms with Crippen LogP contribution in [0.5, 0.6) is 5.75 Å². The van der Waals surface area contributed by atoms with Gasteiger partial charge in [-0.25, -0.2) is 4.98 Å². The highest BCUT2D eigenvalue weighted by Gasteiger charge is 2.18. The molecule has 0 amide bonds. The predicted molar refractivity (Wildman–Crippen MR) is 80.0 cm³/mol. The van der Waals surface area contributed by atoms with Gasteiger partial charge < -0.3 is 14.8 Å². The lowest BCUT2D eigenvalue weighted by atomic mass is 10.2. The molecular formula is C15H23N3O2. The van der Waals surface area contributed by atoms with E-state index in [4.69, 9.17) is 9.84 Å². The average molecular weight is 277 g/mol. The molecule has 20 heavy (non-hydrogen) atoms. The van der Waals surface area contributed by atoms with Crippen molar-refractivity contribution in [1.82, 2.24) is 14.9 Å². The molecule has 2 N–H and O–H groups in total. The van der Waals surface area contributed by atoms with Gasteiger partial charge in [0.1, 0.15) is 11.6 Å². The first-order chi connectivity index (χ1) is 9.69. The Bertz CT molecular complexity index is 553. The van der Waals surface area contributed by atoms with E-state index in [0.29, 0.717) is 13.2 Å². The highest BCUT2D eigenvalue weighted by molar-refractivity contribution is 5.76. The van der Waals surface area contributed by atoms with E-state index in [-0.39, 0.29) is 12.6 Å². The van der Waals surface area contributed by atoms with Gasteiger partial charge in [-0.1, -0.05) is 6.92 Å². The average Bonchev–Trinajstić information content (AvgIpc) is 2.83. The first-order valence-electron chi connectivity index (χ1n) is 7.13. The Hall–Kier alpha value is -1.59. The number of aliphatic hydroxyl groups excluding tert-OH is 1. The van der Waals surface area contributed by atoms with Gasteiger partial charge in [0, 0.05) is 12.6 Å². The normalized spacial score (nSPS) is 13.1. The molecule has 5 nitrogen and oxygen atoms in total. The van der Waals surface area contributed by atoms with Crippen LogP contribution in [0.3, 0.4) is 0 Å². The number of H-pyrrole nitrogens is 1. The topological polar surface area (TPSA) is 61.4 Å². The molecule has 1 unspecified atom stereocenters. The maximum Gasteiger partial charge on any atom is 0.124 e. The fourth-order valence-electron chi connectivity index (χ4n) is 2.45. The van der Waals surface area contributed by atoms with Crippen LogP contribution in [0, 0.1) is 0 Å². The number of fused-ring (bicyclic) bond motifs is 1. The number of ether oxygens (including phenoxy) is 1. The molecule has 1 heterocycles. The third kappa shape index (κ3) is 3.11. The maximum atomic E-state index is 9.07. The number of benzene rings is 1. The van der Waals surface area contributed by atoms with Crippen LogP contribution < -0.4 is 4.74 Å². The quantitative estimate of drug-likeness (QED) is 0.815. The van der Waals surface area contributed by atoms with Crippen LogP contribution in [0.4, 0.5) is 0 Å². The lowest BCUT2D eigenvalue weighted by molar-refractivity contribution is 0.173. The number of nitrogens with one attached hydrogen (secondary N) is 1. The minimum Gasteiger partial charge on any atom is -0.494 e. The summed E-state index contributed by atoms with van der Waals surface area (Å²) in [6, 6.07) is 6.08. The summed E-state index contributed by atoms with van der Waals surface area (Å²) in [5.74, 6) is 1.79. The van der Waals surface area contributed by atoms with E-state index in [1.165, 1.54) is 0 Å². The standard InChI is InChI=1S/C15H23N3O2/c1-4-14(18(3)8-9-19)15-16-12-7-6-11(20-5-2)10-13(12)17-15/h6-7,10,14,19H,4-5,8-9H2,1-3H3,(H,16,17). The molecule has 5 heteroatoms. The van der Waals surface area contributed by atoms with E-state index < -0.39 is 0 Å². The Balaban J connectivity index is 2.29. The molecule has 0 radical (unpaired) electrons. The summed E-state index contributed by atoms with van der Waals surface area (Å²) in [6.45, 7) is 5.54. The Kier molecular flexibility index (Phi) is 4.98. The molecule has 0 aliphatic rings. The summed E-state index contributed by atoms with van der Waals surface area (Å²) in [5.41, 5.74) is 1.93. The van der Waals surface area contributed by atoms with Gasteiger partial charge >= 0.3 is 0 Å². The van der Waals surface area contributed by atoms with Crippen molar-refractivity contribution in [2.24, 2.45) is 0 Å². The third-order valence-electron chi connectivity index (χ3n) is 3.47. The first kappa shape index (κ1) is 14.8. The van der Waals surface area contributed by atoms with Gasteiger partial charge in [0.2, 0.25) is 0 Å². The molecule has 1 aromatic carbocycles. The van der Waals surface area contributed by atoms with E-state index in [1.54, 1.807) is 0 Å². The second-order valence-electron chi connectivity index (χ2n) is 4.86. The number of rotatable bonds is 7. The molecule has 0 saturated heterocycles. The fourth-order valence-corrected chi connectivity index (χ4v) is 2.45. The van der Waals surface area contributed by atoms with Gasteiger partial charge in [-0.3, -0.25) is 4.90 Å². The molecule has 0 spiro atoms. The van der Waals surface area contributed by atoms with Gasteiger partial charge in [-0.2, -0.15) is 0 Å². The zero-order valence-corrected chi connectivity index (χ0v) is 12.4. The SMILES string of the molecule is CCOc1ccc2nc(C(CC)N(C)CCO)[nH]c2c1. The number of imidazole rings is 1. The molecule has 0 aliphatic carbocycles. The zero-order chi connectivity index (χ0) is 14.5. The second kappa shape index (κ2) is 6.72. The molecule has 0 fully saturated rings. The van der Waals surface area contributed by atoms with Crippen LogP contribution in [0.2, 0.25) is 0 Å². The number of likely N-dealkylation sites (N-methyl/N-ethyl adjacent to an activating group) is 1. The van der Waals surface area contributed by atoms with Crippen LogP contribution in [0.1, 0.15) is 32.1 Å². The molecule has 0 aliphatic heterocycles.